The van der Waals surface area contributed by atoms with Gasteiger partial charge in [-0.3, -0.25) is 19.2 Å². The molecule has 1 heterocycles. The summed E-state index contributed by atoms with van der Waals surface area (Å²) in [6, 6.07) is 19.4. The Labute approximate surface area is 214 Å². The zero-order chi connectivity index (χ0) is 26.5. The van der Waals surface area contributed by atoms with Crippen LogP contribution in [-0.4, -0.2) is 48.8 Å². The number of benzene rings is 3. The lowest BCUT2D eigenvalue weighted by Crippen LogP contribution is -2.45. The second kappa shape index (κ2) is 10.9. The number of nitrogens with zero attached hydrogens (tertiary/aromatic N) is 2. The number of ether oxygens (including phenoxy) is 2. The highest BCUT2D eigenvalue weighted by atomic mass is 16.5. The number of hydrogen-bond donors (Lipinski definition) is 1. The maximum atomic E-state index is 13.8. The van der Waals surface area contributed by atoms with E-state index in [1.165, 1.54) is 26.0 Å². The molecule has 1 fully saturated rings. The zero-order valence-corrected chi connectivity index (χ0v) is 20.8. The fourth-order valence-corrected chi connectivity index (χ4v) is 4.27. The second-order valence-corrected chi connectivity index (χ2v) is 8.50. The Bertz CT molecular complexity index is 1320. The van der Waals surface area contributed by atoms with E-state index in [0.29, 0.717) is 28.4 Å². The van der Waals surface area contributed by atoms with E-state index in [1.807, 2.05) is 30.3 Å². The van der Waals surface area contributed by atoms with Crippen LogP contribution in [0.5, 0.6) is 11.5 Å². The van der Waals surface area contributed by atoms with Crippen molar-refractivity contribution in [2.75, 3.05) is 24.4 Å². The van der Waals surface area contributed by atoms with Crippen LogP contribution < -0.4 is 19.7 Å². The van der Waals surface area contributed by atoms with Crippen molar-refractivity contribution >= 4 is 35.0 Å². The molecule has 1 aliphatic rings. The first-order chi connectivity index (χ1) is 17.8. The predicted molar refractivity (Wildman–Crippen MR) is 138 cm³/mol. The standard InChI is InChI=1S/C28H27N3O6/c1-18(32)29-21-10-12-22(13-11-21)31-26(33)16-23(28(31)35)30(17-19-7-5-4-6-8-19)27(34)20-9-14-24(36-2)25(15-20)37-3/h4-15,23H,16-17H2,1-3H3,(H,29,32). The average molecular weight is 502 g/mol. The molecule has 4 rings (SSSR count). The molecular formula is C28H27N3O6. The van der Waals surface area contributed by atoms with Gasteiger partial charge in [0.2, 0.25) is 11.8 Å². The molecule has 3 aromatic carbocycles. The van der Waals surface area contributed by atoms with Crippen LogP contribution in [0.15, 0.2) is 72.8 Å². The highest BCUT2D eigenvalue weighted by Gasteiger charge is 2.44. The van der Waals surface area contributed by atoms with Gasteiger partial charge in [0.1, 0.15) is 6.04 Å². The first-order valence-electron chi connectivity index (χ1n) is 11.6. The van der Waals surface area contributed by atoms with E-state index < -0.39 is 23.8 Å². The molecule has 0 aromatic heterocycles. The smallest absolute Gasteiger partial charge is 0.257 e. The van der Waals surface area contributed by atoms with Gasteiger partial charge in [-0.25, -0.2) is 4.90 Å². The van der Waals surface area contributed by atoms with Gasteiger partial charge in [0.15, 0.2) is 11.5 Å². The first kappa shape index (κ1) is 25.4. The molecule has 1 N–H and O–H groups in total. The number of carbonyl (C=O) groups is 4. The summed E-state index contributed by atoms with van der Waals surface area (Å²) in [6.07, 6.45) is -0.155. The van der Waals surface area contributed by atoms with Gasteiger partial charge in [-0.1, -0.05) is 30.3 Å². The predicted octanol–water partition coefficient (Wildman–Crippen LogP) is 3.64. The lowest BCUT2D eigenvalue weighted by molar-refractivity contribution is -0.122. The molecule has 190 valence electrons. The zero-order valence-electron chi connectivity index (χ0n) is 20.8. The number of nitrogens with one attached hydrogen (secondary N) is 1. The molecule has 0 aliphatic carbocycles. The monoisotopic (exact) mass is 501 g/mol. The van der Waals surface area contributed by atoms with E-state index in [0.717, 1.165) is 10.5 Å². The third-order valence-corrected chi connectivity index (χ3v) is 6.03. The summed E-state index contributed by atoms with van der Waals surface area (Å²) in [5.74, 6) is -0.718. The van der Waals surface area contributed by atoms with Gasteiger partial charge >= 0.3 is 0 Å². The molecule has 0 radical (unpaired) electrons. The van der Waals surface area contributed by atoms with E-state index in [1.54, 1.807) is 42.5 Å². The third kappa shape index (κ3) is 5.45. The van der Waals surface area contributed by atoms with Crippen molar-refractivity contribution in [2.24, 2.45) is 0 Å². The van der Waals surface area contributed by atoms with Crippen LogP contribution >= 0.6 is 0 Å². The normalized spacial score (nSPS) is 14.9. The molecular weight excluding hydrogens is 474 g/mol. The van der Waals surface area contributed by atoms with Gasteiger partial charge in [0.25, 0.3) is 11.8 Å². The third-order valence-electron chi connectivity index (χ3n) is 6.03. The molecule has 9 nitrogen and oxygen atoms in total. The maximum Gasteiger partial charge on any atom is 0.257 e. The number of methoxy groups -OCH3 is 2. The molecule has 0 saturated carbocycles. The Kier molecular flexibility index (Phi) is 7.52. The number of hydrogen-bond acceptors (Lipinski definition) is 6. The molecule has 3 aromatic rings. The van der Waals surface area contributed by atoms with Crippen molar-refractivity contribution < 1.29 is 28.7 Å². The minimum atomic E-state index is -0.997. The summed E-state index contributed by atoms with van der Waals surface area (Å²) in [4.78, 5) is 54.1. The minimum absolute atomic E-state index is 0.132. The minimum Gasteiger partial charge on any atom is -0.493 e. The lowest BCUT2D eigenvalue weighted by Gasteiger charge is -2.28. The van der Waals surface area contributed by atoms with Gasteiger partial charge in [-0.2, -0.15) is 0 Å². The summed E-state index contributed by atoms with van der Waals surface area (Å²) in [7, 11) is 2.98. The van der Waals surface area contributed by atoms with Crippen LogP contribution in [0.1, 0.15) is 29.3 Å². The first-order valence-corrected chi connectivity index (χ1v) is 11.6. The Balaban J connectivity index is 1.66. The Hall–Kier alpha value is -4.66. The van der Waals surface area contributed by atoms with E-state index in [4.69, 9.17) is 9.47 Å². The Morgan fingerprint density at radius 1 is 0.946 bits per heavy atom. The highest BCUT2D eigenvalue weighted by Crippen LogP contribution is 2.31. The van der Waals surface area contributed by atoms with Crippen molar-refractivity contribution in [3.8, 4) is 11.5 Å². The molecule has 37 heavy (non-hydrogen) atoms. The average Bonchev–Trinajstić information content (AvgIpc) is 3.20. The summed E-state index contributed by atoms with van der Waals surface area (Å²) in [5.41, 5.74) is 2.02. The van der Waals surface area contributed by atoms with Crippen molar-refractivity contribution in [3.63, 3.8) is 0 Å². The maximum absolute atomic E-state index is 13.8. The Morgan fingerprint density at radius 2 is 1.62 bits per heavy atom. The van der Waals surface area contributed by atoms with Crippen molar-refractivity contribution in [2.45, 2.75) is 25.9 Å². The second-order valence-electron chi connectivity index (χ2n) is 8.50. The van der Waals surface area contributed by atoms with Crippen LogP contribution in [0, 0.1) is 0 Å². The largest absolute Gasteiger partial charge is 0.493 e. The van der Waals surface area contributed by atoms with Gasteiger partial charge in [0.05, 0.1) is 26.3 Å². The molecule has 1 unspecified atom stereocenters. The number of anilines is 2. The van der Waals surface area contributed by atoms with Crippen molar-refractivity contribution in [3.05, 3.63) is 83.9 Å². The summed E-state index contributed by atoms with van der Waals surface area (Å²) in [5, 5.41) is 2.65. The van der Waals surface area contributed by atoms with Crippen molar-refractivity contribution in [1.29, 1.82) is 0 Å². The van der Waals surface area contributed by atoms with E-state index >= 15 is 0 Å². The van der Waals surface area contributed by atoms with Gasteiger partial charge in [-0.15, -0.1) is 0 Å². The molecule has 9 heteroatoms. The number of amides is 4. The van der Waals surface area contributed by atoms with Gasteiger partial charge in [0, 0.05) is 24.7 Å². The lowest BCUT2D eigenvalue weighted by atomic mass is 10.1. The van der Waals surface area contributed by atoms with Gasteiger partial charge < -0.3 is 19.7 Å². The number of imide groups is 1. The molecule has 1 saturated heterocycles. The summed E-state index contributed by atoms with van der Waals surface area (Å²) < 4.78 is 10.6. The number of rotatable bonds is 8. The van der Waals surface area contributed by atoms with Gasteiger partial charge in [-0.05, 0) is 48.0 Å². The Morgan fingerprint density at radius 3 is 2.24 bits per heavy atom. The summed E-state index contributed by atoms with van der Waals surface area (Å²) in [6.45, 7) is 1.52. The molecule has 1 aliphatic heterocycles. The molecule has 1 atom stereocenters. The summed E-state index contributed by atoms with van der Waals surface area (Å²) >= 11 is 0. The fourth-order valence-electron chi connectivity index (χ4n) is 4.27. The van der Waals surface area contributed by atoms with Crippen LogP contribution in [-0.2, 0) is 20.9 Å². The quantitative estimate of drug-likeness (QED) is 0.473. The van der Waals surface area contributed by atoms with Crippen LogP contribution in [0.4, 0.5) is 11.4 Å². The van der Waals surface area contributed by atoms with Crippen molar-refractivity contribution in [1.82, 2.24) is 4.90 Å². The topological polar surface area (TPSA) is 105 Å². The van der Waals surface area contributed by atoms with E-state index in [2.05, 4.69) is 5.32 Å². The van der Waals surface area contributed by atoms with Crippen LogP contribution in [0.2, 0.25) is 0 Å². The molecule has 0 bridgehead atoms. The van der Waals surface area contributed by atoms with E-state index in [-0.39, 0.29) is 18.9 Å². The van der Waals surface area contributed by atoms with Crippen LogP contribution in [0.25, 0.3) is 0 Å². The highest BCUT2D eigenvalue weighted by molar-refractivity contribution is 6.23. The molecule has 0 spiro atoms. The molecule has 4 amide bonds. The van der Waals surface area contributed by atoms with Crippen LogP contribution in [0.3, 0.4) is 0 Å². The number of carbonyl (C=O) groups excluding carboxylic acids is 4. The fraction of sp³-hybridized carbons (Fsp3) is 0.214. The SMILES string of the molecule is COc1ccc(C(=O)N(Cc2ccccc2)C2CC(=O)N(c3ccc(NC(C)=O)cc3)C2=O)cc1OC. The van der Waals surface area contributed by atoms with E-state index in [9.17, 15) is 19.2 Å².